The van der Waals surface area contributed by atoms with Crippen LogP contribution in [-0.2, 0) is 9.53 Å². The number of rotatable bonds is 8. The molecule has 1 saturated carbocycles. The second-order valence-corrected chi connectivity index (χ2v) is 11.0. The quantitative estimate of drug-likeness (QED) is 0.478. The average molecular weight is 491 g/mol. The number of ether oxygens (including phenoxy) is 2. The molecule has 3 rings (SSSR count). The Morgan fingerprint density at radius 3 is 2.37 bits per heavy atom. The van der Waals surface area contributed by atoms with Crippen molar-refractivity contribution in [2.45, 2.75) is 84.3 Å². The van der Waals surface area contributed by atoms with E-state index in [-0.39, 0.29) is 23.5 Å². The van der Waals surface area contributed by atoms with E-state index in [4.69, 9.17) is 9.47 Å². The summed E-state index contributed by atoms with van der Waals surface area (Å²) in [5.74, 6) is 0.00986. The molecule has 1 saturated heterocycles. The number of amides is 1. The molecule has 1 aliphatic heterocycles. The van der Waals surface area contributed by atoms with Gasteiger partial charge in [0.2, 0.25) is 0 Å². The molecule has 0 bridgehead atoms. The molecule has 8 nitrogen and oxygen atoms in total. The SMILES string of the molecule is CC1CC[C@@H]2C(CO1)[C@H]([C@@H](C)[C@H]([O-])Oc1ccc(C(=O)N[C@H](C(=O)O)C(C)(C)O)cc1)CC[C@H]2C. The molecule has 8 heteroatoms. The Hall–Kier alpha value is -2.16. The van der Waals surface area contributed by atoms with Crippen LogP contribution in [0.5, 0.6) is 5.75 Å². The predicted molar refractivity (Wildman–Crippen MR) is 129 cm³/mol. The van der Waals surface area contributed by atoms with Crippen molar-refractivity contribution in [1.82, 2.24) is 5.32 Å². The van der Waals surface area contributed by atoms with Gasteiger partial charge in [-0.2, -0.15) is 0 Å². The maximum atomic E-state index is 13.1. The zero-order chi connectivity index (χ0) is 25.9. The summed E-state index contributed by atoms with van der Waals surface area (Å²) in [6.45, 7) is 9.73. The van der Waals surface area contributed by atoms with Crippen LogP contribution in [0.25, 0.3) is 0 Å². The molecular weight excluding hydrogens is 450 g/mol. The number of hydrogen-bond acceptors (Lipinski definition) is 6. The highest BCUT2D eigenvalue weighted by Gasteiger charge is 2.42. The maximum Gasteiger partial charge on any atom is 0.329 e. The fourth-order valence-electron chi connectivity index (χ4n) is 5.69. The minimum absolute atomic E-state index is 0.196. The fraction of sp³-hybridized carbons (Fsp3) is 0.704. The molecular formula is C27H40NO7-. The highest BCUT2D eigenvalue weighted by Crippen LogP contribution is 2.46. The zero-order valence-electron chi connectivity index (χ0n) is 21.4. The van der Waals surface area contributed by atoms with Gasteiger partial charge in [-0.15, -0.1) is 0 Å². The van der Waals surface area contributed by atoms with Gasteiger partial charge in [0.05, 0.1) is 18.3 Å². The summed E-state index contributed by atoms with van der Waals surface area (Å²) in [5, 5.41) is 34.7. The Labute approximate surface area is 208 Å². The van der Waals surface area contributed by atoms with Gasteiger partial charge in [-0.25, -0.2) is 4.79 Å². The molecule has 2 aliphatic rings. The molecule has 0 aromatic heterocycles. The van der Waals surface area contributed by atoms with Crippen LogP contribution >= 0.6 is 0 Å². The van der Waals surface area contributed by atoms with Crippen molar-refractivity contribution in [3.8, 4) is 5.75 Å². The van der Waals surface area contributed by atoms with Crippen molar-refractivity contribution < 1.29 is 34.4 Å². The van der Waals surface area contributed by atoms with Crippen molar-refractivity contribution in [1.29, 1.82) is 0 Å². The largest absolute Gasteiger partial charge is 0.821 e. The van der Waals surface area contributed by atoms with Crippen molar-refractivity contribution in [2.75, 3.05) is 6.61 Å². The summed E-state index contributed by atoms with van der Waals surface area (Å²) in [7, 11) is 0. The second kappa shape index (κ2) is 11.3. The molecule has 0 spiro atoms. The molecule has 0 radical (unpaired) electrons. The summed E-state index contributed by atoms with van der Waals surface area (Å²) < 4.78 is 11.8. The van der Waals surface area contributed by atoms with Crippen LogP contribution in [0.4, 0.5) is 0 Å². The van der Waals surface area contributed by atoms with Gasteiger partial charge < -0.3 is 30.1 Å². The lowest BCUT2D eigenvalue weighted by atomic mass is 9.62. The number of aliphatic carboxylic acids is 1. The predicted octanol–water partition coefficient (Wildman–Crippen LogP) is 2.82. The van der Waals surface area contributed by atoms with Gasteiger partial charge in [-0.05, 0) is 93.9 Å². The normalized spacial score (nSPS) is 29.7. The van der Waals surface area contributed by atoms with Gasteiger partial charge >= 0.3 is 5.97 Å². The smallest absolute Gasteiger partial charge is 0.329 e. The van der Waals surface area contributed by atoms with E-state index >= 15 is 0 Å². The molecule has 196 valence electrons. The number of aliphatic hydroxyl groups is 1. The molecule has 8 atom stereocenters. The first-order chi connectivity index (χ1) is 16.4. The van der Waals surface area contributed by atoms with Gasteiger partial charge in [0.15, 0.2) is 6.04 Å². The van der Waals surface area contributed by atoms with E-state index in [1.807, 2.05) is 6.92 Å². The van der Waals surface area contributed by atoms with Crippen LogP contribution in [0.3, 0.4) is 0 Å². The highest BCUT2D eigenvalue weighted by molar-refractivity contribution is 5.97. The molecule has 1 aromatic carbocycles. The van der Waals surface area contributed by atoms with Gasteiger partial charge in [0.25, 0.3) is 5.91 Å². The summed E-state index contributed by atoms with van der Waals surface area (Å²) >= 11 is 0. The van der Waals surface area contributed by atoms with E-state index in [0.29, 0.717) is 30.1 Å². The van der Waals surface area contributed by atoms with E-state index in [2.05, 4.69) is 19.2 Å². The summed E-state index contributed by atoms with van der Waals surface area (Å²) in [5.41, 5.74) is -1.43. The van der Waals surface area contributed by atoms with Crippen molar-refractivity contribution in [3.05, 3.63) is 29.8 Å². The standard InChI is InChI=1S/C27H40NO7/c1-15-6-12-21(22-14-34-16(2)7-13-20(15)22)17(3)26(32)35-19-10-8-18(9-11-19)24(29)28-23(25(30)31)27(4,5)33/h8-11,15-17,20-23,26,33H,6-7,12-14H2,1-5H3,(H,28,29)(H,30,31)/q-1/t15-,16?,17-,20+,21+,22?,23-,26-/m1/s1. The number of carbonyl (C=O) groups is 2. The Morgan fingerprint density at radius 1 is 1.11 bits per heavy atom. The lowest BCUT2D eigenvalue weighted by molar-refractivity contribution is -0.489. The molecule has 1 aromatic rings. The van der Waals surface area contributed by atoms with E-state index < -0.39 is 29.8 Å². The monoisotopic (exact) mass is 490 g/mol. The summed E-state index contributed by atoms with van der Waals surface area (Å²) in [4.78, 5) is 23.9. The first kappa shape index (κ1) is 27.4. The molecule has 1 aliphatic carbocycles. The van der Waals surface area contributed by atoms with Gasteiger partial charge in [-0.1, -0.05) is 20.3 Å². The third-order valence-corrected chi connectivity index (χ3v) is 7.97. The van der Waals surface area contributed by atoms with Crippen molar-refractivity contribution in [2.24, 2.45) is 29.6 Å². The number of carbonyl (C=O) groups excluding carboxylic acids is 1. The van der Waals surface area contributed by atoms with Gasteiger partial charge in [0, 0.05) is 11.9 Å². The summed E-state index contributed by atoms with van der Waals surface area (Å²) in [6.07, 6.45) is 3.32. The number of benzene rings is 1. The minimum atomic E-state index is -1.63. The topological polar surface area (TPSA) is 128 Å². The zero-order valence-corrected chi connectivity index (χ0v) is 21.4. The van der Waals surface area contributed by atoms with Crippen LogP contribution in [0.15, 0.2) is 24.3 Å². The maximum absolute atomic E-state index is 13.1. The number of fused-ring (bicyclic) bond motifs is 1. The molecule has 2 unspecified atom stereocenters. The molecule has 35 heavy (non-hydrogen) atoms. The third-order valence-electron chi connectivity index (χ3n) is 7.97. The van der Waals surface area contributed by atoms with Crippen LogP contribution < -0.4 is 15.2 Å². The third kappa shape index (κ3) is 6.74. The van der Waals surface area contributed by atoms with Crippen LogP contribution in [-0.4, -0.2) is 52.7 Å². The summed E-state index contributed by atoms with van der Waals surface area (Å²) in [6, 6.07) is 4.56. The fourth-order valence-corrected chi connectivity index (χ4v) is 5.69. The highest BCUT2D eigenvalue weighted by atomic mass is 16.6. The molecule has 2 fully saturated rings. The van der Waals surface area contributed by atoms with Crippen molar-refractivity contribution >= 4 is 11.9 Å². The van der Waals surface area contributed by atoms with Crippen molar-refractivity contribution in [3.63, 3.8) is 0 Å². The van der Waals surface area contributed by atoms with Gasteiger partial charge in [-0.3, -0.25) is 4.79 Å². The lowest BCUT2D eigenvalue weighted by Crippen LogP contribution is -2.54. The van der Waals surface area contributed by atoms with Crippen LogP contribution in [0.2, 0.25) is 0 Å². The molecule has 1 heterocycles. The van der Waals surface area contributed by atoms with Crippen LogP contribution in [0, 0.1) is 29.6 Å². The minimum Gasteiger partial charge on any atom is -0.821 e. The van der Waals surface area contributed by atoms with E-state index in [1.54, 1.807) is 0 Å². The second-order valence-electron chi connectivity index (χ2n) is 11.0. The molecule has 3 N–H and O–H groups in total. The number of carboxylic acid groups (broad SMARTS) is 1. The van der Waals surface area contributed by atoms with E-state index in [1.165, 1.54) is 38.1 Å². The Morgan fingerprint density at radius 2 is 1.77 bits per heavy atom. The molecule has 1 amide bonds. The number of hydrogen-bond donors (Lipinski definition) is 3. The van der Waals surface area contributed by atoms with E-state index in [0.717, 1.165) is 25.7 Å². The lowest BCUT2D eigenvalue weighted by Gasteiger charge is -2.46. The number of carboxylic acids is 1. The average Bonchev–Trinajstić information content (AvgIpc) is 2.99. The number of nitrogens with one attached hydrogen (secondary N) is 1. The first-order valence-corrected chi connectivity index (χ1v) is 12.7. The van der Waals surface area contributed by atoms with Gasteiger partial charge in [0.1, 0.15) is 5.75 Å². The Kier molecular flexibility index (Phi) is 8.83. The van der Waals surface area contributed by atoms with E-state index in [9.17, 15) is 24.9 Å². The Bertz CT molecular complexity index is 865. The first-order valence-electron chi connectivity index (χ1n) is 12.7. The Balaban J connectivity index is 1.63. The van der Waals surface area contributed by atoms with Crippen LogP contribution in [0.1, 0.15) is 70.7 Å².